The molecule has 0 rings (SSSR count). The van der Waals surface area contributed by atoms with Crippen molar-refractivity contribution in [2.75, 3.05) is 0 Å². The van der Waals surface area contributed by atoms with Crippen LogP contribution in [0.5, 0.6) is 0 Å². The third-order valence-corrected chi connectivity index (χ3v) is 4.86. The molecule has 0 nitrogen and oxygen atoms in total. The van der Waals surface area contributed by atoms with Crippen molar-refractivity contribution in [3.05, 3.63) is 0 Å². The third kappa shape index (κ3) is 10.7. The van der Waals surface area contributed by atoms with E-state index in [-0.39, 0.29) is 0 Å². The Balaban J connectivity index is 3.96. The van der Waals surface area contributed by atoms with Crippen molar-refractivity contribution in [3.8, 4) is 0 Å². The van der Waals surface area contributed by atoms with Crippen molar-refractivity contribution >= 4 is 0 Å². The van der Waals surface area contributed by atoms with Crippen molar-refractivity contribution < 1.29 is 0 Å². The smallest absolute Gasteiger partial charge is 0.0412 e. The number of rotatable bonds is 12. The van der Waals surface area contributed by atoms with Gasteiger partial charge in [0.25, 0.3) is 0 Å². The average molecular weight is 283 g/mol. The number of hydrogen-bond acceptors (Lipinski definition) is 0. The second kappa shape index (κ2) is 11.6. The van der Waals surface area contributed by atoms with E-state index in [1.807, 2.05) is 0 Å². The van der Waals surface area contributed by atoms with E-state index in [0.717, 1.165) is 29.6 Å². The molecule has 0 aliphatic heterocycles. The van der Waals surface area contributed by atoms with Gasteiger partial charge in [-0.1, -0.05) is 80.6 Å². The summed E-state index contributed by atoms with van der Waals surface area (Å²) in [5, 5.41) is 0. The van der Waals surface area contributed by atoms with Gasteiger partial charge in [-0.3, -0.25) is 0 Å². The summed E-state index contributed by atoms with van der Waals surface area (Å²) in [6.07, 6.45) is 11.3. The molecular formula is C20H42. The first-order valence-corrected chi connectivity index (χ1v) is 9.38. The van der Waals surface area contributed by atoms with Gasteiger partial charge >= 0.3 is 0 Å². The van der Waals surface area contributed by atoms with Crippen LogP contribution in [0.2, 0.25) is 0 Å². The molecule has 20 heavy (non-hydrogen) atoms. The molecule has 0 heterocycles. The summed E-state index contributed by atoms with van der Waals surface area (Å²) < 4.78 is 0. The van der Waals surface area contributed by atoms with Crippen molar-refractivity contribution in [1.29, 1.82) is 0 Å². The van der Waals surface area contributed by atoms with E-state index < -0.39 is 0 Å². The monoisotopic (exact) mass is 282 g/mol. The van der Waals surface area contributed by atoms with Crippen LogP contribution in [-0.2, 0) is 0 Å². The molecule has 0 saturated carbocycles. The van der Waals surface area contributed by atoms with Crippen LogP contribution in [-0.4, -0.2) is 0 Å². The summed E-state index contributed by atoms with van der Waals surface area (Å²) >= 11 is 0. The van der Waals surface area contributed by atoms with Crippen molar-refractivity contribution in [1.82, 2.24) is 0 Å². The molecule has 0 N–H and O–H groups in total. The molecule has 0 fully saturated rings. The molecule has 0 aliphatic rings. The molecule has 122 valence electrons. The van der Waals surface area contributed by atoms with E-state index in [0.29, 0.717) is 0 Å². The minimum atomic E-state index is 0.856. The summed E-state index contributed by atoms with van der Waals surface area (Å²) in [6.45, 7) is 16.8. The van der Waals surface area contributed by atoms with Crippen LogP contribution in [0, 0.1) is 29.6 Å². The molecule has 0 aliphatic carbocycles. The zero-order valence-corrected chi connectivity index (χ0v) is 15.5. The lowest BCUT2D eigenvalue weighted by Crippen LogP contribution is -2.12. The van der Waals surface area contributed by atoms with Crippen molar-refractivity contribution in [3.63, 3.8) is 0 Å². The van der Waals surface area contributed by atoms with E-state index >= 15 is 0 Å². The Hall–Kier alpha value is 0. The molecule has 0 radical (unpaired) electrons. The van der Waals surface area contributed by atoms with E-state index in [4.69, 9.17) is 0 Å². The Bertz CT molecular complexity index is 206. The minimum absolute atomic E-state index is 0.856. The predicted molar refractivity (Wildman–Crippen MR) is 94.1 cm³/mol. The van der Waals surface area contributed by atoms with Gasteiger partial charge in [-0.2, -0.15) is 0 Å². The predicted octanol–water partition coefficient (Wildman–Crippen LogP) is 7.33. The Labute approximate surface area is 130 Å². The number of hydrogen-bond donors (Lipinski definition) is 0. The molecular weight excluding hydrogens is 240 g/mol. The van der Waals surface area contributed by atoms with Gasteiger partial charge in [0, 0.05) is 0 Å². The van der Waals surface area contributed by atoms with Crippen molar-refractivity contribution in [2.24, 2.45) is 29.6 Å². The third-order valence-electron chi connectivity index (χ3n) is 4.86. The normalized spacial score (nSPS) is 18.0. The van der Waals surface area contributed by atoms with Gasteiger partial charge in [0.15, 0.2) is 0 Å². The zero-order chi connectivity index (χ0) is 15.5. The maximum atomic E-state index is 2.48. The van der Waals surface area contributed by atoms with Gasteiger partial charge in [-0.05, 0) is 48.9 Å². The van der Waals surface area contributed by atoms with Gasteiger partial charge < -0.3 is 0 Å². The maximum Gasteiger partial charge on any atom is -0.0412 e. The summed E-state index contributed by atoms with van der Waals surface area (Å²) in [4.78, 5) is 0. The molecule has 0 spiro atoms. The van der Waals surface area contributed by atoms with Crippen LogP contribution >= 0.6 is 0 Å². The summed E-state index contributed by atoms with van der Waals surface area (Å²) in [5.41, 5.74) is 0. The molecule has 0 bridgehead atoms. The Kier molecular flexibility index (Phi) is 11.6. The average Bonchev–Trinajstić information content (AvgIpc) is 2.35. The molecule has 0 aromatic carbocycles. The molecule has 4 unspecified atom stereocenters. The first-order chi connectivity index (χ1) is 9.38. The lowest BCUT2D eigenvalue weighted by atomic mass is 9.82. The van der Waals surface area contributed by atoms with Gasteiger partial charge in [0.1, 0.15) is 0 Å². The second-order valence-corrected chi connectivity index (χ2v) is 8.06. The van der Waals surface area contributed by atoms with Gasteiger partial charge in [0.05, 0.1) is 0 Å². The van der Waals surface area contributed by atoms with Crippen LogP contribution < -0.4 is 0 Å². The fourth-order valence-corrected chi connectivity index (χ4v) is 3.79. The fourth-order valence-electron chi connectivity index (χ4n) is 3.79. The highest BCUT2D eigenvalue weighted by Gasteiger charge is 2.16. The molecule has 0 aromatic heterocycles. The fraction of sp³-hybridized carbons (Fsp3) is 1.00. The van der Waals surface area contributed by atoms with E-state index in [2.05, 4.69) is 48.5 Å². The van der Waals surface area contributed by atoms with Crippen LogP contribution in [0.25, 0.3) is 0 Å². The molecule has 0 heteroatoms. The van der Waals surface area contributed by atoms with Gasteiger partial charge in [0.2, 0.25) is 0 Å². The molecule has 0 saturated heterocycles. The van der Waals surface area contributed by atoms with Crippen LogP contribution in [0.4, 0.5) is 0 Å². The quantitative estimate of drug-likeness (QED) is 0.351. The lowest BCUT2D eigenvalue weighted by molar-refractivity contribution is 0.275. The highest BCUT2D eigenvalue weighted by Crippen LogP contribution is 2.29. The molecule has 0 aromatic rings. The van der Waals surface area contributed by atoms with Gasteiger partial charge in [-0.25, -0.2) is 0 Å². The highest BCUT2D eigenvalue weighted by molar-refractivity contribution is 4.68. The zero-order valence-electron chi connectivity index (χ0n) is 15.5. The van der Waals surface area contributed by atoms with E-state index in [1.165, 1.54) is 51.4 Å². The summed E-state index contributed by atoms with van der Waals surface area (Å²) in [7, 11) is 0. The lowest BCUT2D eigenvalue weighted by Gasteiger charge is -2.24. The Morgan fingerprint density at radius 2 is 1.15 bits per heavy atom. The topological polar surface area (TPSA) is 0 Å². The molecule has 0 amide bonds. The summed E-state index contributed by atoms with van der Waals surface area (Å²) in [6, 6.07) is 0. The maximum absolute atomic E-state index is 2.48. The highest BCUT2D eigenvalue weighted by atomic mass is 14.2. The van der Waals surface area contributed by atoms with E-state index in [1.54, 1.807) is 0 Å². The first kappa shape index (κ1) is 20.0. The minimum Gasteiger partial charge on any atom is -0.0654 e. The van der Waals surface area contributed by atoms with Crippen LogP contribution in [0.1, 0.15) is 99.8 Å². The summed E-state index contributed by atoms with van der Waals surface area (Å²) in [5.74, 6) is 4.58. The largest absolute Gasteiger partial charge is 0.0654 e. The van der Waals surface area contributed by atoms with Crippen molar-refractivity contribution in [2.45, 2.75) is 99.8 Å². The Morgan fingerprint density at radius 1 is 0.600 bits per heavy atom. The second-order valence-electron chi connectivity index (χ2n) is 8.06. The standard InChI is InChI=1S/C20H42/c1-8-10-17(5)11-12-18(6)14-20(9-2)15-19(7)13-16(3)4/h16-20H,8-15H2,1-7H3. The molecule has 4 atom stereocenters. The van der Waals surface area contributed by atoms with Crippen LogP contribution in [0.15, 0.2) is 0 Å². The first-order valence-electron chi connectivity index (χ1n) is 9.38. The SMILES string of the molecule is CCCC(C)CCC(C)CC(CC)CC(C)CC(C)C. The van der Waals surface area contributed by atoms with Gasteiger partial charge in [-0.15, -0.1) is 0 Å². The van der Waals surface area contributed by atoms with E-state index in [9.17, 15) is 0 Å². The Morgan fingerprint density at radius 3 is 1.65 bits per heavy atom. The van der Waals surface area contributed by atoms with Crippen LogP contribution in [0.3, 0.4) is 0 Å².